The summed E-state index contributed by atoms with van der Waals surface area (Å²) in [6.07, 6.45) is 0.420. The monoisotopic (exact) mass is 540 g/mol. The smallest absolute Gasteiger partial charge is 0.293 e. The van der Waals surface area contributed by atoms with Gasteiger partial charge in [0, 0.05) is 12.6 Å². The number of hydrogen-bond acceptors (Lipinski definition) is 7. The number of para-hydroxylation sites is 1. The van der Waals surface area contributed by atoms with Crippen LogP contribution in [0.4, 0.5) is 0 Å². The van der Waals surface area contributed by atoms with E-state index in [1.165, 1.54) is 4.31 Å². The van der Waals surface area contributed by atoms with Crippen molar-refractivity contribution in [3.05, 3.63) is 82.8 Å². The van der Waals surface area contributed by atoms with Crippen LogP contribution in [0.1, 0.15) is 61.3 Å². The molecule has 0 radical (unpaired) electrons. The molecule has 204 valence electrons. The summed E-state index contributed by atoms with van der Waals surface area (Å²) >= 11 is 0. The molecule has 2 heterocycles. The zero-order chi connectivity index (χ0) is 27.3. The van der Waals surface area contributed by atoms with Crippen molar-refractivity contribution in [1.82, 2.24) is 9.62 Å². The van der Waals surface area contributed by atoms with Gasteiger partial charge in [0.25, 0.3) is 6.47 Å². The lowest BCUT2D eigenvalue weighted by Gasteiger charge is -2.24. The molecule has 0 aliphatic carbocycles. The van der Waals surface area contributed by atoms with E-state index in [0.717, 1.165) is 22.5 Å². The van der Waals surface area contributed by atoms with Crippen molar-refractivity contribution in [3.63, 3.8) is 0 Å². The highest BCUT2D eigenvalue weighted by atomic mass is 32.2. The van der Waals surface area contributed by atoms with Crippen LogP contribution in [0.15, 0.2) is 63.9 Å². The van der Waals surface area contributed by atoms with Gasteiger partial charge in [0.15, 0.2) is 0 Å². The number of nitrogens with zero attached hydrogens (tertiary/aromatic N) is 1. The number of sulfonamides is 1. The molecular weight excluding hydrogens is 504 g/mol. The molecule has 0 fully saturated rings. The third-order valence-electron chi connectivity index (χ3n) is 6.79. The normalized spacial score (nSPS) is 17.9. The molecule has 3 aromatic rings. The highest BCUT2D eigenvalue weighted by Crippen LogP contribution is 2.34. The van der Waals surface area contributed by atoms with Crippen molar-refractivity contribution in [2.24, 2.45) is 0 Å². The number of nitrogens with one attached hydrogen (secondary N) is 1. The Hall–Kier alpha value is -3.14. The number of fused-ring (bicyclic) bond motifs is 1. The highest BCUT2D eigenvalue weighted by Gasteiger charge is 2.34. The summed E-state index contributed by atoms with van der Waals surface area (Å²) in [4.78, 5) is 11.2. The predicted molar refractivity (Wildman–Crippen MR) is 144 cm³/mol. The number of carbonyl (C=O) groups is 1. The molecule has 9 heteroatoms. The van der Waals surface area contributed by atoms with E-state index < -0.39 is 10.0 Å². The Morgan fingerprint density at radius 1 is 1.16 bits per heavy atom. The van der Waals surface area contributed by atoms with E-state index in [4.69, 9.17) is 13.9 Å². The molecular formula is C29H36N2O6S. The van der Waals surface area contributed by atoms with Gasteiger partial charge in [0.2, 0.25) is 10.0 Å². The molecule has 38 heavy (non-hydrogen) atoms. The number of benzene rings is 2. The molecule has 1 aliphatic heterocycles. The topological polar surface area (TPSA) is 98.1 Å². The summed E-state index contributed by atoms with van der Waals surface area (Å²) in [7, 11) is -3.77. The quantitative estimate of drug-likeness (QED) is 0.351. The Kier molecular flexibility index (Phi) is 8.91. The molecule has 8 nitrogen and oxygen atoms in total. The van der Waals surface area contributed by atoms with Crippen LogP contribution in [0, 0.1) is 6.92 Å². The second kappa shape index (κ2) is 12.1. The van der Waals surface area contributed by atoms with E-state index in [9.17, 15) is 13.2 Å². The first-order valence-electron chi connectivity index (χ1n) is 12.9. The average molecular weight is 541 g/mol. The summed E-state index contributed by atoms with van der Waals surface area (Å²) in [5.41, 5.74) is 2.71. The first-order chi connectivity index (χ1) is 18.2. The number of carbonyl (C=O) groups excluding carboxylic acids is 1. The number of ether oxygens (including phenoxy) is 2. The third-order valence-corrected chi connectivity index (χ3v) is 8.64. The summed E-state index contributed by atoms with van der Waals surface area (Å²) in [5, 5.41) is 3.33. The molecule has 0 amide bonds. The molecule has 1 aromatic heterocycles. The van der Waals surface area contributed by atoms with Crippen LogP contribution in [0.3, 0.4) is 0 Å². The van der Waals surface area contributed by atoms with Crippen molar-refractivity contribution in [2.75, 3.05) is 13.2 Å². The van der Waals surface area contributed by atoms with Crippen LogP contribution in [-0.2, 0) is 32.6 Å². The minimum atomic E-state index is -3.77. The zero-order valence-electron chi connectivity index (χ0n) is 22.3. The van der Waals surface area contributed by atoms with Crippen molar-refractivity contribution in [2.45, 2.75) is 70.2 Å². The van der Waals surface area contributed by atoms with E-state index in [1.54, 1.807) is 24.3 Å². The van der Waals surface area contributed by atoms with Gasteiger partial charge < -0.3 is 19.2 Å². The van der Waals surface area contributed by atoms with Crippen LogP contribution >= 0.6 is 0 Å². The van der Waals surface area contributed by atoms with Crippen LogP contribution < -0.4 is 10.1 Å². The molecule has 2 atom stereocenters. The van der Waals surface area contributed by atoms with Crippen molar-refractivity contribution in [1.29, 1.82) is 0 Å². The Labute approximate surface area is 225 Å². The molecule has 2 aromatic carbocycles. The largest absolute Gasteiger partial charge is 0.488 e. The second-order valence-electron chi connectivity index (χ2n) is 9.90. The van der Waals surface area contributed by atoms with Crippen molar-refractivity contribution >= 4 is 16.5 Å². The predicted octanol–water partition coefficient (Wildman–Crippen LogP) is 4.75. The van der Waals surface area contributed by atoms with Gasteiger partial charge in [-0.25, -0.2) is 8.42 Å². The Morgan fingerprint density at radius 2 is 1.95 bits per heavy atom. The Bertz CT molecular complexity index is 1350. The van der Waals surface area contributed by atoms with E-state index in [-0.39, 0.29) is 36.6 Å². The summed E-state index contributed by atoms with van der Waals surface area (Å²) in [6, 6.07) is 16.8. The average Bonchev–Trinajstić information content (AvgIpc) is 3.33. The fourth-order valence-electron chi connectivity index (χ4n) is 4.53. The van der Waals surface area contributed by atoms with Gasteiger partial charge in [-0.15, -0.1) is 0 Å². The lowest BCUT2D eigenvalue weighted by atomic mass is 9.93. The second-order valence-corrected chi connectivity index (χ2v) is 11.8. The van der Waals surface area contributed by atoms with Gasteiger partial charge in [0.05, 0.1) is 19.0 Å². The van der Waals surface area contributed by atoms with Crippen LogP contribution in [0.5, 0.6) is 5.75 Å². The van der Waals surface area contributed by atoms with E-state index in [2.05, 4.69) is 19.2 Å². The first kappa shape index (κ1) is 27.9. The van der Waals surface area contributed by atoms with Gasteiger partial charge >= 0.3 is 0 Å². The fourth-order valence-corrected chi connectivity index (χ4v) is 6.10. The van der Waals surface area contributed by atoms with E-state index in [0.29, 0.717) is 37.0 Å². The summed E-state index contributed by atoms with van der Waals surface area (Å²) in [6.45, 7) is 9.65. The Morgan fingerprint density at radius 3 is 2.68 bits per heavy atom. The van der Waals surface area contributed by atoms with Gasteiger partial charge in [-0.3, -0.25) is 4.79 Å². The lowest BCUT2D eigenvalue weighted by molar-refractivity contribution is -0.129. The lowest BCUT2D eigenvalue weighted by Crippen LogP contribution is -2.36. The minimum absolute atomic E-state index is 0.109. The van der Waals surface area contributed by atoms with Crippen molar-refractivity contribution in [3.8, 4) is 5.75 Å². The third kappa shape index (κ3) is 6.28. The van der Waals surface area contributed by atoms with Gasteiger partial charge in [-0.05, 0) is 54.3 Å². The van der Waals surface area contributed by atoms with Crippen LogP contribution in [0.2, 0.25) is 0 Å². The zero-order valence-corrected chi connectivity index (χ0v) is 23.2. The number of furan rings is 1. The van der Waals surface area contributed by atoms with Gasteiger partial charge in [0.1, 0.15) is 34.9 Å². The minimum Gasteiger partial charge on any atom is -0.488 e. The fraction of sp³-hybridized carbons (Fsp3) is 0.414. The molecule has 0 spiro atoms. The molecule has 1 unspecified atom stereocenters. The van der Waals surface area contributed by atoms with Crippen LogP contribution in [0.25, 0.3) is 0 Å². The first-order valence-corrected chi connectivity index (χ1v) is 14.4. The van der Waals surface area contributed by atoms with E-state index in [1.807, 2.05) is 44.2 Å². The van der Waals surface area contributed by atoms with Gasteiger partial charge in [-0.1, -0.05) is 51.1 Å². The molecule has 1 N–H and O–H groups in total. The molecule has 0 bridgehead atoms. The maximum atomic E-state index is 13.7. The molecule has 1 aliphatic rings. The number of rotatable bonds is 11. The van der Waals surface area contributed by atoms with Gasteiger partial charge in [-0.2, -0.15) is 4.31 Å². The number of hydrogen-bond donors (Lipinski definition) is 1. The standard InChI is InChI=1S/C29H36N2O6S/c1-5-24-17-31(38(33,34)29-9-7-6-8-28(29)36-24)16-23-14-22(11-10-21(23)4)26(18-35-19-32)27-13-12-25(37-27)15-30-20(2)3/h6-14,19-20,24,26,30H,5,15-18H2,1-4H3/t24-,26?/m1/s1. The molecule has 0 saturated carbocycles. The molecule has 4 rings (SSSR count). The SMILES string of the molecule is CC[C@@H]1CN(Cc2cc(C(COC=O)c3ccc(CNC(C)C)o3)ccc2C)S(=O)(=O)c2ccccc2O1. The van der Waals surface area contributed by atoms with E-state index >= 15 is 0 Å². The van der Waals surface area contributed by atoms with Crippen molar-refractivity contribution < 1.29 is 27.1 Å². The molecule has 0 saturated heterocycles. The summed E-state index contributed by atoms with van der Waals surface area (Å²) < 4.78 is 46.1. The summed E-state index contributed by atoms with van der Waals surface area (Å²) in [5.74, 6) is 1.52. The van der Waals surface area contributed by atoms with Crippen LogP contribution in [-0.4, -0.2) is 44.5 Å². The maximum absolute atomic E-state index is 13.7. The Balaban J connectivity index is 1.66. The number of aryl methyl sites for hydroxylation is 1. The highest BCUT2D eigenvalue weighted by molar-refractivity contribution is 7.89. The maximum Gasteiger partial charge on any atom is 0.293 e.